The average Bonchev–Trinajstić information content (AvgIpc) is 2.70. The van der Waals surface area contributed by atoms with Crippen LogP contribution in [0.2, 0.25) is 0 Å². The molecule has 1 heterocycles. The third-order valence-electron chi connectivity index (χ3n) is 5.16. The molecule has 0 aliphatic carbocycles. The molecule has 1 rings (SSSR count). The Morgan fingerprint density at radius 2 is 1.86 bits per heavy atom. The van der Waals surface area contributed by atoms with Crippen molar-refractivity contribution in [1.82, 2.24) is 0 Å². The molecule has 1 aromatic rings. The van der Waals surface area contributed by atoms with E-state index < -0.39 is 6.10 Å². The van der Waals surface area contributed by atoms with Gasteiger partial charge in [0, 0.05) is 11.5 Å². The van der Waals surface area contributed by atoms with Gasteiger partial charge in [-0.1, -0.05) is 49.8 Å². The van der Waals surface area contributed by atoms with Gasteiger partial charge in [0.15, 0.2) is 5.43 Å². The SMILES string of the molecule is C/C=C(\C)[C@@H](O)[C@H](C)/C=C(C)/C=C/C[C@H](C)/C=C\c1oc(OC)c(C)c(=O)c1C. The molecule has 0 aliphatic heterocycles. The van der Waals surface area contributed by atoms with Crippen molar-refractivity contribution in [3.63, 3.8) is 0 Å². The number of aliphatic hydroxyl groups excluding tert-OH is 1. The van der Waals surface area contributed by atoms with Crippen molar-refractivity contribution < 1.29 is 14.3 Å². The molecule has 0 aromatic carbocycles. The van der Waals surface area contributed by atoms with E-state index in [0.29, 0.717) is 16.9 Å². The monoisotopic (exact) mass is 400 g/mol. The number of rotatable bonds is 9. The fourth-order valence-electron chi connectivity index (χ4n) is 3.04. The summed E-state index contributed by atoms with van der Waals surface area (Å²) in [6, 6.07) is 0. The summed E-state index contributed by atoms with van der Waals surface area (Å²) in [7, 11) is 1.50. The first-order valence-electron chi connectivity index (χ1n) is 10.1. The standard InChI is InChI=1S/C25H36O4/c1-9-18(4)23(26)19(5)15-17(3)12-10-11-16(2)13-14-22-20(6)24(27)21(7)25(28-8)29-22/h9-10,12-16,19,23,26H,11H2,1-8H3/b12-10+,14-13-,17-15+,18-9+/t16-,19+,23+/m0/s1. The van der Waals surface area contributed by atoms with Crippen LogP contribution in [-0.4, -0.2) is 18.3 Å². The first-order chi connectivity index (χ1) is 13.6. The van der Waals surface area contributed by atoms with E-state index in [1.54, 1.807) is 13.8 Å². The molecular weight excluding hydrogens is 364 g/mol. The number of methoxy groups -OCH3 is 1. The molecule has 0 saturated carbocycles. The van der Waals surface area contributed by atoms with E-state index in [9.17, 15) is 9.90 Å². The highest BCUT2D eigenvalue weighted by Gasteiger charge is 2.13. The second-order valence-electron chi connectivity index (χ2n) is 7.76. The van der Waals surface area contributed by atoms with Crippen molar-refractivity contribution in [1.29, 1.82) is 0 Å². The summed E-state index contributed by atoms with van der Waals surface area (Å²) in [5.41, 5.74) is 3.14. The van der Waals surface area contributed by atoms with Crippen LogP contribution in [0.25, 0.3) is 6.08 Å². The highest BCUT2D eigenvalue weighted by atomic mass is 16.6. The van der Waals surface area contributed by atoms with Crippen LogP contribution in [0.3, 0.4) is 0 Å². The van der Waals surface area contributed by atoms with Crippen molar-refractivity contribution in [2.45, 2.75) is 61.0 Å². The third kappa shape index (κ3) is 7.21. The highest BCUT2D eigenvalue weighted by molar-refractivity contribution is 5.49. The van der Waals surface area contributed by atoms with Crippen molar-refractivity contribution in [3.05, 3.63) is 68.6 Å². The predicted molar refractivity (Wildman–Crippen MR) is 121 cm³/mol. The zero-order valence-electron chi connectivity index (χ0n) is 19.1. The maximum Gasteiger partial charge on any atom is 0.291 e. The summed E-state index contributed by atoms with van der Waals surface area (Å²) in [6.07, 6.45) is 12.5. The Labute approximate surface area is 175 Å². The second kappa shape index (κ2) is 11.6. The molecule has 3 atom stereocenters. The van der Waals surface area contributed by atoms with Crippen LogP contribution in [0.1, 0.15) is 57.9 Å². The van der Waals surface area contributed by atoms with Gasteiger partial charge in [0.1, 0.15) is 5.76 Å². The van der Waals surface area contributed by atoms with Crippen molar-refractivity contribution in [3.8, 4) is 5.95 Å². The van der Waals surface area contributed by atoms with E-state index in [1.807, 2.05) is 45.9 Å². The molecule has 1 N–H and O–H groups in total. The summed E-state index contributed by atoms with van der Waals surface area (Å²) in [5.74, 6) is 1.14. The normalized spacial score (nSPS) is 16.4. The molecule has 0 amide bonds. The zero-order valence-corrected chi connectivity index (χ0v) is 19.1. The molecule has 0 radical (unpaired) electrons. The van der Waals surface area contributed by atoms with Gasteiger partial charge in [0.25, 0.3) is 5.95 Å². The van der Waals surface area contributed by atoms with Gasteiger partial charge in [0.05, 0.1) is 18.8 Å². The molecule has 0 unspecified atom stereocenters. The van der Waals surface area contributed by atoms with Gasteiger partial charge in [-0.3, -0.25) is 4.79 Å². The van der Waals surface area contributed by atoms with E-state index in [1.165, 1.54) is 7.11 Å². The van der Waals surface area contributed by atoms with Gasteiger partial charge in [-0.15, -0.1) is 0 Å². The fourth-order valence-corrected chi connectivity index (χ4v) is 3.04. The molecule has 0 aliphatic rings. The average molecular weight is 401 g/mol. The Hall–Kier alpha value is -2.33. The fraction of sp³-hybridized carbons (Fsp3) is 0.480. The topological polar surface area (TPSA) is 59.7 Å². The van der Waals surface area contributed by atoms with Gasteiger partial charge in [-0.2, -0.15) is 0 Å². The maximum absolute atomic E-state index is 12.2. The van der Waals surface area contributed by atoms with E-state index in [-0.39, 0.29) is 23.2 Å². The summed E-state index contributed by atoms with van der Waals surface area (Å²) in [5, 5.41) is 10.2. The summed E-state index contributed by atoms with van der Waals surface area (Å²) >= 11 is 0. The van der Waals surface area contributed by atoms with Gasteiger partial charge in [-0.05, 0) is 58.6 Å². The van der Waals surface area contributed by atoms with Crippen molar-refractivity contribution >= 4 is 6.08 Å². The molecule has 0 bridgehead atoms. The van der Waals surface area contributed by atoms with Gasteiger partial charge >= 0.3 is 0 Å². The molecule has 1 aromatic heterocycles. The molecule has 0 saturated heterocycles. The minimum atomic E-state index is -0.449. The molecular formula is C25H36O4. The van der Waals surface area contributed by atoms with Gasteiger partial charge in [0.2, 0.25) is 0 Å². The van der Waals surface area contributed by atoms with Crippen LogP contribution in [0.15, 0.2) is 50.7 Å². The Balaban J connectivity index is 2.76. The lowest BCUT2D eigenvalue weighted by atomic mass is 9.96. The lowest BCUT2D eigenvalue weighted by Crippen LogP contribution is -2.17. The molecule has 4 heteroatoms. The molecule has 29 heavy (non-hydrogen) atoms. The smallest absolute Gasteiger partial charge is 0.291 e. The maximum atomic E-state index is 12.2. The minimum absolute atomic E-state index is 0.0504. The summed E-state index contributed by atoms with van der Waals surface area (Å²) in [4.78, 5) is 12.2. The van der Waals surface area contributed by atoms with Crippen LogP contribution < -0.4 is 10.2 Å². The number of hydrogen-bond donors (Lipinski definition) is 1. The van der Waals surface area contributed by atoms with E-state index in [4.69, 9.17) is 9.15 Å². The zero-order chi connectivity index (χ0) is 22.1. The molecule has 4 nitrogen and oxygen atoms in total. The quantitative estimate of drug-likeness (QED) is 0.422. The Kier molecular flexibility index (Phi) is 9.90. The Bertz CT molecular complexity index is 852. The second-order valence-corrected chi connectivity index (χ2v) is 7.76. The first kappa shape index (κ1) is 24.7. The third-order valence-corrected chi connectivity index (χ3v) is 5.16. The van der Waals surface area contributed by atoms with Crippen molar-refractivity contribution in [2.24, 2.45) is 11.8 Å². The first-order valence-corrected chi connectivity index (χ1v) is 10.1. The molecule has 0 spiro atoms. The Morgan fingerprint density at radius 1 is 1.21 bits per heavy atom. The number of allylic oxidation sites excluding steroid dienone is 5. The lowest BCUT2D eigenvalue weighted by Gasteiger charge is -2.16. The van der Waals surface area contributed by atoms with E-state index in [0.717, 1.165) is 17.6 Å². The van der Waals surface area contributed by atoms with E-state index >= 15 is 0 Å². The van der Waals surface area contributed by atoms with Crippen LogP contribution in [0, 0.1) is 25.7 Å². The minimum Gasteiger partial charge on any atom is -0.468 e. The van der Waals surface area contributed by atoms with Crippen LogP contribution >= 0.6 is 0 Å². The predicted octanol–water partition coefficient (Wildman–Crippen LogP) is 5.77. The highest BCUT2D eigenvalue weighted by Crippen LogP contribution is 2.21. The summed E-state index contributed by atoms with van der Waals surface area (Å²) in [6.45, 7) is 13.5. The number of hydrogen-bond acceptors (Lipinski definition) is 4. The van der Waals surface area contributed by atoms with Gasteiger partial charge < -0.3 is 14.3 Å². The number of aliphatic hydroxyl groups is 1. The molecule has 160 valence electrons. The lowest BCUT2D eigenvalue weighted by molar-refractivity contribution is 0.173. The van der Waals surface area contributed by atoms with Crippen LogP contribution in [-0.2, 0) is 0 Å². The van der Waals surface area contributed by atoms with Gasteiger partial charge in [-0.25, -0.2) is 0 Å². The molecule has 0 fully saturated rings. The summed E-state index contributed by atoms with van der Waals surface area (Å²) < 4.78 is 10.8. The van der Waals surface area contributed by atoms with Crippen LogP contribution in [0.4, 0.5) is 0 Å². The van der Waals surface area contributed by atoms with Crippen LogP contribution in [0.5, 0.6) is 5.95 Å². The Morgan fingerprint density at radius 3 is 2.45 bits per heavy atom. The van der Waals surface area contributed by atoms with E-state index in [2.05, 4.69) is 25.2 Å². The van der Waals surface area contributed by atoms with Crippen molar-refractivity contribution in [2.75, 3.05) is 7.11 Å². The largest absolute Gasteiger partial charge is 0.468 e. The number of ether oxygens (including phenoxy) is 1.